The first-order valence-electron chi connectivity index (χ1n) is 20.7. The summed E-state index contributed by atoms with van der Waals surface area (Å²) in [6.07, 6.45) is 7.74. The number of ether oxygens (including phenoxy) is 2. The Balaban J connectivity index is 1.27. The van der Waals surface area contributed by atoms with Gasteiger partial charge in [0.25, 0.3) is 0 Å². The number of benzene rings is 4. The number of cyclic esters (lactones) is 1. The van der Waals surface area contributed by atoms with E-state index in [0.29, 0.717) is 34.5 Å². The van der Waals surface area contributed by atoms with Crippen molar-refractivity contribution >= 4 is 23.5 Å². The van der Waals surface area contributed by atoms with Gasteiger partial charge in [-0.3, -0.25) is 24.3 Å². The molecule has 60 heavy (non-hydrogen) atoms. The zero-order chi connectivity index (χ0) is 41.1. The first kappa shape index (κ1) is 38.9. The number of anilines is 1. The number of rotatable bonds is 10. The quantitative estimate of drug-likeness (QED) is 0.103. The number of carbonyl (C=O) groups is 3. The van der Waals surface area contributed by atoms with Gasteiger partial charge in [-0.1, -0.05) is 96.8 Å². The summed E-state index contributed by atoms with van der Waals surface area (Å²) in [6.45, 7) is 0.190. The molecule has 3 aliphatic heterocycles. The van der Waals surface area contributed by atoms with Crippen LogP contribution in [0.3, 0.4) is 0 Å². The fraction of sp³-hybridized carbons (Fsp3) is 0.280. The summed E-state index contributed by atoms with van der Waals surface area (Å²) >= 11 is 0. The highest BCUT2D eigenvalue weighted by atomic mass is 16.6. The van der Waals surface area contributed by atoms with E-state index in [1.807, 2.05) is 109 Å². The molecule has 10 heteroatoms. The number of pyridine rings is 1. The molecule has 2 fully saturated rings. The number of amides is 2. The Hall–Kier alpha value is -6.54. The van der Waals surface area contributed by atoms with Gasteiger partial charge in [0.15, 0.2) is 0 Å². The van der Waals surface area contributed by atoms with Gasteiger partial charge in [0.05, 0.1) is 24.6 Å². The second kappa shape index (κ2) is 17.0. The second-order valence-corrected chi connectivity index (χ2v) is 15.7. The zero-order valence-corrected chi connectivity index (χ0v) is 33.1. The molecule has 5 aromatic rings. The number of hydrogen-bond acceptors (Lipinski definition) is 8. The molecular formula is C50H46N4O6. The van der Waals surface area contributed by atoms with Gasteiger partial charge in [0, 0.05) is 36.1 Å². The summed E-state index contributed by atoms with van der Waals surface area (Å²) in [4.78, 5) is 52.3. The van der Waals surface area contributed by atoms with E-state index in [0.717, 1.165) is 48.1 Å². The molecule has 0 saturated carbocycles. The number of nitrogens with one attached hydrogen (secondary N) is 2. The Morgan fingerprint density at radius 3 is 2.37 bits per heavy atom. The number of allylic oxidation sites excluding steroid dienone is 2. The number of aliphatic hydroxyl groups is 1. The number of hydrogen-bond donors (Lipinski definition) is 3. The summed E-state index contributed by atoms with van der Waals surface area (Å²) in [6, 6.07) is 35.5. The molecular weight excluding hydrogens is 753 g/mol. The third kappa shape index (κ3) is 7.14. The zero-order valence-electron chi connectivity index (χ0n) is 33.1. The van der Waals surface area contributed by atoms with E-state index in [-0.39, 0.29) is 19.8 Å². The summed E-state index contributed by atoms with van der Waals surface area (Å²) in [5.74, 6) is 4.62. The van der Waals surface area contributed by atoms with Gasteiger partial charge in [-0.15, -0.1) is 0 Å². The molecule has 2 amide bonds. The van der Waals surface area contributed by atoms with E-state index < -0.39 is 53.3 Å². The minimum atomic E-state index is -1.64. The van der Waals surface area contributed by atoms with Crippen LogP contribution in [0, 0.1) is 17.8 Å². The van der Waals surface area contributed by atoms with Gasteiger partial charge in [0.2, 0.25) is 11.8 Å². The molecule has 4 aliphatic rings. The highest BCUT2D eigenvalue weighted by Crippen LogP contribution is 2.64. The fourth-order valence-electron chi connectivity index (χ4n) is 9.65. The van der Waals surface area contributed by atoms with Crippen LogP contribution >= 0.6 is 0 Å². The SMILES string of the molecule is O=C1O[C@@H](c2ccccc2)[C@@H](c2ccccc2)N2[C@@H](c3ccc(OCCO)cc3)[C@]3(C(=O)Nc4ccc(C#CC5=CCCCC5)cc43)[C@@H](C(=O)NCCc3ccccn3)[C@H]12. The lowest BCUT2D eigenvalue weighted by atomic mass is 9.65. The van der Waals surface area contributed by atoms with Crippen molar-refractivity contribution in [2.75, 3.05) is 25.1 Å². The Morgan fingerprint density at radius 2 is 1.65 bits per heavy atom. The van der Waals surface area contributed by atoms with E-state index >= 15 is 14.4 Å². The van der Waals surface area contributed by atoms with Crippen LogP contribution < -0.4 is 15.4 Å². The van der Waals surface area contributed by atoms with Crippen LogP contribution in [0.2, 0.25) is 0 Å². The average Bonchev–Trinajstić information content (AvgIpc) is 3.77. The summed E-state index contributed by atoms with van der Waals surface area (Å²) < 4.78 is 12.3. The highest BCUT2D eigenvalue weighted by molar-refractivity contribution is 6.12. The van der Waals surface area contributed by atoms with Crippen molar-refractivity contribution in [2.45, 2.75) is 61.7 Å². The number of nitrogens with zero attached hydrogens (tertiary/aromatic N) is 2. The minimum Gasteiger partial charge on any atom is -0.491 e. The number of aliphatic hydroxyl groups excluding tert-OH is 1. The topological polar surface area (TPSA) is 130 Å². The Bertz CT molecular complexity index is 2470. The standard InChI is InChI=1S/C50H46N4O6/c55-30-31-59-39-24-22-37(23-25-39)46-50(40-32-34(21-26-41(40)53-49(50)58)20-19-33-12-4-1-5-13-33)42(47(56)52-29-27-38-18-10-11-28-51-38)44-48(57)60-45(36-16-8-3-9-17-36)43(54(44)46)35-14-6-2-7-15-35/h2-3,6-12,14-18,21-26,28,32,42-46,55H,1,4-5,13,27,29-31H2,(H,52,56)(H,53,58)/t42-,43-,44-,45+,46+,50-/m1/s1. The maximum atomic E-state index is 15.4. The molecule has 2 saturated heterocycles. The maximum absolute atomic E-state index is 15.4. The van der Waals surface area contributed by atoms with E-state index in [4.69, 9.17) is 9.47 Å². The van der Waals surface area contributed by atoms with Crippen molar-refractivity contribution in [3.63, 3.8) is 0 Å². The molecule has 1 spiro atoms. The Morgan fingerprint density at radius 1 is 0.883 bits per heavy atom. The van der Waals surface area contributed by atoms with Crippen LogP contribution in [-0.4, -0.2) is 58.6 Å². The van der Waals surface area contributed by atoms with Gasteiger partial charge in [-0.2, -0.15) is 0 Å². The molecule has 3 N–H and O–H groups in total. The second-order valence-electron chi connectivity index (χ2n) is 15.7. The molecule has 0 radical (unpaired) electrons. The first-order chi connectivity index (χ1) is 29.5. The normalized spacial score (nSPS) is 24.3. The van der Waals surface area contributed by atoms with Crippen LogP contribution in [0.4, 0.5) is 5.69 Å². The van der Waals surface area contributed by atoms with Gasteiger partial charge >= 0.3 is 5.97 Å². The Labute approximate surface area is 349 Å². The third-order valence-corrected chi connectivity index (χ3v) is 12.2. The lowest BCUT2D eigenvalue weighted by Gasteiger charge is -2.46. The average molecular weight is 799 g/mol. The van der Waals surface area contributed by atoms with Crippen LogP contribution in [-0.2, 0) is 31.0 Å². The van der Waals surface area contributed by atoms with Crippen LogP contribution in [0.15, 0.2) is 139 Å². The van der Waals surface area contributed by atoms with Gasteiger partial charge in [0.1, 0.15) is 29.9 Å². The third-order valence-electron chi connectivity index (χ3n) is 12.2. The number of fused-ring (bicyclic) bond motifs is 3. The van der Waals surface area contributed by atoms with E-state index in [2.05, 4.69) is 38.4 Å². The lowest BCUT2D eigenvalue weighted by Crippen LogP contribution is -2.55. The highest BCUT2D eigenvalue weighted by Gasteiger charge is 2.74. The van der Waals surface area contributed by atoms with Crippen molar-refractivity contribution < 1.29 is 29.0 Å². The fourth-order valence-corrected chi connectivity index (χ4v) is 9.65. The lowest BCUT2D eigenvalue weighted by molar-refractivity contribution is -0.178. The van der Waals surface area contributed by atoms with Crippen LogP contribution in [0.5, 0.6) is 5.75 Å². The van der Waals surface area contributed by atoms with Crippen LogP contribution in [0.1, 0.15) is 77.4 Å². The monoisotopic (exact) mass is 798 g/mol. The van der Waals surface area contributed by atoms with E-state index in [1.165, 1.54) is 0 Å². The molecule has 4 heterocycles. The Kier molecular flexibility index (Phi) is 11.0. The summed E-state index contributed by atoms with van der Waals surface area (Å²) in [7, 11) is 0. The van der Waals surface area contributed by atoms with E-state index in [1.54, 1.807) is 18.3 Å². The van der Waals surface area contributed by atoms with Crippen molar-refractivity contribution in [3.05, 3.63) is 173 Å². The van der Waals surface area contributed by atoms with Crippen molar-refractivity contribution in [1.29, 1.82) is 0 Å². The van der Waals surface area contributed by atoms with E-state index in [9.17, 15) is 5.11 Å². The molecule has 0 bridgehead atoms. The van der Waals surface area contributed by atoms with Crippen molar-refractivity contribution in [2.24, 2.45) is 5.92 Å². The predicted molar refractivity (Wildman–Crippen MR) is 226 cm³/mol. The summed E-state index contributed by atoms with van der Waals surface area (Å²) in [5.41, 5.74) is 4.46. The maximum Gasteiger partial charge on any atom is 0.324 e. The van der Waals surface area contributed by atoms with Crippen LogP contribution in [0.25, 0.3) is 0 Å². The first-order valence-corrected chi connectivity index (χ1v) is 20.7. The number of esters is 1. The van der Waals surface area contributed by atoms with Crippen molar-refractivity contribution in [1.82, 2.24) is 15.2 Å². The number of morpholine rings is 1. The molecule has 1 aromatic heterocycles. The molecule has 6 atom stereocenters. The minimum absolute atomic E-state index is 0.110. The molecule has 10 nitrogen and oxygen atoms in total. The molecule has 4 aromatic carbocycles. The number of aromatic nitrogens is 1. The molecule has 9 rings (SSSR count). The molecule has 302 valence electrons. The molecule has 0 unspecified atom stereocenters. The van der Waals surface area contributed by atoms with Gasteiger partial charge in [-0.25, -0.2) is 0 Å². The van der Waals surface area contributed by atoms with Gasteiger partial charge < -0.3 is 25.2 Å². The van der Waals surface area contributed by atoms with Crippen molar-refractivity contribution in [3.8, 4) is 17.6 Å². The largest absolute Gasteiger partial charge is 0.491 e. The number of carbonyl (C=O) groups excluding carboxylic acids is 3. The summed E-state index contributed by atoms with van der Waals surface area (Å²) in [5, 5.41) is 15.8. The van der Waals surface area contributed by atoms with Gasteiger partial charge in [-0.05, 0) is 96.0 Å². The predicted octanol–water partition coefficient (Wildman–Crippen LogP) is 6.93. The molecule has 1 aliphatic carbocycles. The smallest absolute Gasteiger partial charge is 0.324 e.